The average molecular weight is 398 g/mol. The van der Waals surface area contributed by atoms with Crippen LogP contribution < -0.4 is 10.9 Å². The van der Waals surface area contributed by atoms with Crippen LogP contribution in [0.25, 0.3) is 16.7 Å². The number of para-hydroxylation sites is 1. The molecule has 0 fully saturated rings. The van der Waals surface area contributed by atoms with Crippen LogP contribution in [0.15, 0.2) is 51.7 Å². The van der Waals surface area contributed by atoms with E-state index in [2.05, 4.69) is 37.5 Å². The Morgan fingerprint density at radius 1 is 1.16 bits per heavy atom. The van der Waals surface area contributed by atoms with Crippen molar-refractivity contribution in [3.63, 3.8) is 0 Å². The average Bonchev–Trinajstić information content (AvgIpc) is 3.03. The lowest BCUT2D eigenvalue weighted by molar-refractivity contribution is 0.855. The first kappa shape index (κ1) is 15.8. The first-order valence-electron chi connectivity index (χ1n) is 7.88. The highest BCUT2D eigenvalue weighted by atomic mass is 79.9. The van der Waals surface area contributed by atoms with Crippen molar-refractivity contribution in [1.82, 2.24) is 19.2 Å². The van der Waals surface area contributed by atoms with Gasteiger partial charge in [-0.15, -0.1) is 10.2 Å². The van der Waals surface area contributed by atoms with Crippen LogP contribution in [-0.2, 0) is 13.6 Å². The number of benzene rings is 2. The number of halogens is 1. The topological polar surface area (TPSA) is 64.2 Å². The summed E-state index contributed by atoms with van der Waals surface area (Å²) in [6.07, 6.45) is 0. The third-order valence-electron chi connectivity index (χ3n) is 4.32. The van der Waals surface area contributed by atoms with E-state index in [1.165, 1.54) is 4.57 Å². The molecule has 2 aromatic heterocycles. The van der Waals surface area contributed by atoms with Crippen molar-refractivity contribution in [2.24, 2.45) is 7.05 Å². The molecule has 4 rings (SSSR count). The summed E-state index contributed by atoms with van der Waals surface area (Å²) in [7, 11) is 1.72. The number of fused-ring (bicyclic) bond motifs is 3. The van der Waals surface area contributed by atoms with Gasteiger partial charge in [0.25, 0.3) is 5.56 Å². The van der Waals surface area contributed by atoms with Gasteiger partial charge < -0.3 is 5.32 Å². The fourth-order valence-corrected chi connectivity index (χ4v) is 3.48. The van der Waals surface area contributed by atoms with Gasteiger partial charge >= 0.3 is 0 Å². The molecule has 0 spiro atoms. The van der Waals surface area contributed by atoms with Gasteiger partial charge in [-0.05, 0) is 42.8 Å². The maximum atomic E-state index is 12.5. The van der Waals surface area contributed by atoms with Crippen molar-refractivity contribution in [2.75, 3.05) is 5.32 Å². The lowest BCUT2D eigenvalue weighted by Gasteiger charge is -2.11. The molecule has 0 aliphatic carbocycles. The maximum absolute atomic E-state index is 12.5. The van der Waals surface area contributed by atoms with E-state index in [0.29, 0.717) is 17.7 Å². The smallest absolute Gasteiger partial charge is 0.262 e. The van der Waals surface area contributed by atoms with Crippen molar-refractivity contribution in [1.29, 1.82) is 0 Å². The van der Waals surface area contributed by atoms with Crippen LogP contribution in [-0.4, -0.2) is 19.2 Å². The van der Waals surface area contributed by atoms with Gasteiger partial charge in [0.1, 0.15) is 0 Å². The lowest BCUT2D eigenvalue weighted by Crippen LogP contribution is -2.20. The second-order valence-corrected chi connectivity index (χ2v) is 6.86. The number of hydrogen-bond donors (Lipinski definition) is 1. The van der Waals surface area contributed by atoms with Crippen molar-refractivity contribution < 1.29 is 0 Å². The number of anilines is 1. The summed E-state index contributed by atoms with van der Waals surface area (Å²) in [4.78, 5) is 12.5. The van der Waals surface area contributed by atoms with Gasteiger partial charge in [-0.3, -0.25) is 13.8 Å². The second kappa shape index (κ2) is 6.00. The fourth-order valence-electron chi connectivity index (χ4n) is 3.01. The quantitative estimate of drug-likeness (QED) is 0.576. The third kappa shape index (κ3) is 2.60. The summed E-state index contributed by atoms with van der Waals surface area (Å²) in [6, 6.07) is 13.6. The molecular weight excluding hydrogens is 382 g/mol. The third-order valence-corrected chi connectivity index (χ3v) is 4.81. The number of aryl methyl sites for hydroxylation is 2. The summed E-state index contributed by atoms with van der Waals surface area (Å²) < 4.78 is 4.51. The van der Waals surface area contributed by atoms with Gasteiger partial charge in [-0.1, -0.05) is 28.1 Å². The van der Waals surface area contributed by atoms with E-state index in [1.54, 1.807) is 7.05 Å². The van der Waals surface area contributed by atoms with Crippen LogP contribution in [0.3, 0.4) is 0 Å². The molecule has 4 aromatic rings. The van der Waals surface area contributed by atoms with E-state index >= 15 is 0 Å². The Morgan fingerprint density at radius 3 is 2.76 bits per heavy atom. The number of aromatic nitrogens is 4. The Morgan fingerprint density at radius 2 is 1.96 bits per heavy atom. The first-order chi connectivity index (χ1) is 12.1. The van der Waals surface area contributed by atoms with Crippen LogP contribution in [0, 0.1) is 6.92 Å². The summed E-state index contributed by atoms with van der Waals surface area (Å²) in [6.45, 7) is 2.56. The lowest BCUT2D eigenvalue weighted by atomic mass is 10.2. The molecule has 0 unspecified atom stereocenters. The molecule has 7 heteroatoms. The van der Waals surface area contributed by atoms with Gasteiger partial charge in [0, 0.05) is 17.2 Å². The Balaban J connectivity index is 1.82. The maximum Gasteiger partial charge on any atom is 0.262 e. The Bertz CT molecular complexity index is 1160. The predicted octanol–water partition coefficient (Wildman–Crippen LogP) is 3.26. The molecule has 2 aromatic carbocycles. The highest BCUT2D eigenvalue weighted by Crippen LogP contribution is 2.21. The van der Waals surface area contributed by atoms with Gasteiger partial charge in [0.2, 0.25) is 5.78 Å². The Kier molecular flexibility index (Phi) is 3.80. The first-order valence-corrected chi connectivity index (χ1v) is 8.67. The van der Waals surface area contributed by atoms with E-state index in [1.807, 2.05) is 47.7 Å². The summed E-state index contributed by atoms with van der Waals surface area (Å²) in [5.74, 6) is 1.29. The summed E-state index contributed by atoms with van der Waals surface area (Å²) in [5, 5.41) is 12.6. The SMILES string of the molecule is Cc1cc(Br)ccc1NCc1nnc2n(C)c(=O)c3ccccc3n12. The minimum Gasteiger partial charge on any atom is -0.378 e. The highest BCUT2D eigenvalue weighted by molar-refractivity contribution is 9.10. The molecule has 0 bridgehead atoms. The van der Waals surface area contributed by atoms with E-state index in [0.717, 1.165) is 27.1 Å². The fraction of sp³-hybridized carbons (Fsp3) is 0.167. The number of nitrogens with zero attached hydrogens (tertiary/aromatic N) is 4. The van der Waals surface area contributed by atoms with Crippen molar-refractivity contribution >= 4 is 38.3 Å². The molecule has 2 heterocycles. The van der Waals surface area contributed by atoms with Crippen molar-refractivity contribution in [3.8, 4) is 0 Å². The standard InChI is InChI=1S/C18H16BrN5O/c1-11-9-12(19)7-8-14(11)20-10-16-21-22-18-23(2)17(25)13-5-3-4-6-15(13)24(16)18/h3-9,20H,10H2,1-2H3. The predicted molar refractivity (Wildman–Crippen MR) is 102 cm³/mol. The largest absolute Gasteiger partial charge is 0.378 e. The van der Waals surface area contributed by atoms with Crippen LogP contribution in [0.2, 0.25) is 0 Å². The molecule has 0 aliphatic heterocycles. The molecule has 25 heavy (non-hydrogen) atoms. The second-order valence-electron chi connectivity index (χ2n) is 5.95. The highest BCUT2D eigenvalue weighted by Gasteiger charge is 2.14. The zero-order valence-electron chi connectivity index (χ0n) is 13.8. The monoisotopic (exact) mass is 397 g/mol. The van der Waals surface area contributed by atoms with Crippen LogP contribution >= 0.6 is 15.9 Å². The molecule has 0 saturated carbocycles. The number of rotatable bonds is 3. The molecule has 126 valence electrons. The van der Waals surface area contributed by atoms with Crippen LogP contribution in [0.5, 0.6) is 0 Å². The molecule has 6 nitrogen and oxygen atoms in total. The normalized spacial score (nSPS) is 11.3. The zero-order chi connectivity index (χ0) is 17.6. The zero-order valence-corrected chi connectivity index (χ0v) is 15.4. The Hall–Kier alpha value is -2.67. The molecule has 0 amide bonds. The van der Waals surface area contributed by atoms with E-state index < -0.39 is 0 Å². The van der Waals surface area contributed by atoms with E-state index in [9.17, 15) is 4.79 Å². The molecule has 0 atom stereocenters. The number of hydrogen-bond acceptors (Lipinski definition) is 4. The molecule has 1 N–H and O–H groups in total. The molecule has 0 aliphatic rings. The molecular formula is C18H16BrN5O. The van der Waals surface area contributed by atoms with Crippen molar-refractivity contribution in [3.05, 3.63) is 68.7 Å². The minimum absolute atomic E-state index is 0.0706. The molecule has 0 radical (unpaired) electrons. The van der Waals surface area contributed by atoms with Gasteiger partial charge in [0.15, 0.2) is 5.82 Å². The minimum atomic E-state index is -0.0706. The van der Waals surface area contributed by atoms with Crippen molar-refractivity contribution in [2.45, 2.75) is 13.5 Å². The summed E-state index contributed by atoms with van der Waals surface area (Å²) in [5.41, 5.74) is 2.92. The van der Waals surface area contributed by atoms with Crippen LogP contribution in [0.4, 0.5) is 5.69 Å². The van der Waals surface area contributed by atoms with Crippen LogP contribution in [0.1, 0.15) is 11.4 Å². The molecule has 0 saturated heterocycles. The van der Waals surface area contributed by atoms with E-state index in [-0.39, 0.29) is 5.56 Å². The van der Waals surface area contributed by atoms with Gasteiger partial charge in [-0.25, -0.2) is 0 Å². The number of nitrogens with one attached hydrogen (secondary N) is 1. The van der Waals surface area contributed by atoms with E-state index in [4.69, 9.17) is 0 Å². The van der Waals surface area contributed by atoms with Gasteiger partial charge in [-0.2, -0.15) is 0 Å². The van der Waals surface area contributed by atoms with Gasteiger partial charge in [0.05, 0.1) is 17.4 Å². The summed E-state index contributed by atoms with van der Waals surface area (Å²) >= 11 is 3.47. The Labute approximate surface area is 152 Å².